The van der Waals surface area contributed by atoms with Crippen LogP contribution >= 0.6 is 0 Å². The first kappa shape index (κ1) is 31.6. The molecule has 0 N–H and O–H groups in total. The van der Waals surface area contributed by atoms with Crippen molar-refractivity contribution in [2.45, 2.75) is 144 Å². The number of hydrogen-bond donors (Lipinski definition) is 0. The van der Waals surface area contributed by atoms with Crippen LogP contribution < -0.4 is 0 Å². The normalized spacial score (nSPS) is 37.6. The van der Waals surface area contributed by atoms with E-state index in [0.717, 1.165) is 68.0 Å². The Morgan fingerprint density at radius 2 is 1.69 bits per heavy atom. The van der Waals surface area contributed by atoms with Crippen LogP contribution in [0.1, 0.15) is 132 Å². The van der Waals surface area contributed by atoms with E-state index >= 15 is 0 Å². The van der Waals surface area contributed by atoms with E-state index in [-0.39, 0.29) is 6.10 Å². The lowest BCUT2D eigenvalue weighted by Gasteiger charge is -2.58. The lowest BCUT2D eigenvalue weighted by atomic mass is 9.47. The third kappa shape index (κ3) is 7.34. The minimum absolute atomic E-state index is 0.239. The Morgan fingerprint density at radius 1 is 0.872 bits per heavy atom. The molecule has 3 nitrogen and oxygen atoms in total. The molecular formula is C36H64O3. The Bertz CT molecular complexity index is 775. The van der Waals surface area contributed by atoms with Crippen molar-refractivity contribution < 1.29 is 14.2 Å². The van der Waals surface area contributed by atoms with Crippen molar-refractivity contribution in [3.63, 3.8) is 0 Å². The van der Waals surface area contributed by atoms with Gasteiger partial charge in [0, 0.05) is 13.2 Å². The fourth-order valence-electron chi connectivity index (χ4n) is 9.83. The Labute approximate surface area is 242 Å². The van der Waals surface area contributed by atoms with Crippen molar-refractivity contribution in [3.8, 4) is 0 Å². The van der Waals surface area contributed by atoms with Crippen molar-refractivity contribution in [1.29, 1.82) is 0 Å². The molecule has 0 aliphatic heterocycles. The molecule has 0 aromatic heterocycles. The molecule has 0 aromatic rings. The highest BCUT2D eigenvalue weighted by Crippen LogP contribution is 2.67. The fraction of sp³-hybridized carbons (Fsp3) is 0.944. The van der Waals surface area contributed by atoms with Gasteiger partial charge < -0.3 is 14.2 Å². The van der Waals surface area contributed by atoms with E-state index in [0.29, 0.717) is 30.1 Å². The predicted octanol–water partition coefficient (Wildman–Crippen LogP) is 9.63. The summed E-state index contributed by atoms with van der Waals surface area (Å²) in [6.07, 6.45) is 20.6. The molecule has 3 saturated carbocycles. The van der Waals surface area contributed by atoms with Gasteiger partial charge in [0.05, 0.1) is 25.4 Å². The van der Waals surface area contributed by atoms with E-state index in [9.17, 15) is 0 Å². The molecule has 0 amide bonds. The van der Waals surface area contributed by atoms with Crippen LogP contribution in [0.25, 0.3) is 0 Å². The van der Waals surface area contributed by atoms with E-state index in [1.54, 1.807) is 5.57 Å². The molecule has 0 heterocycles. The minimum atomic E-state index is 0.239. The zero-order chi connectivity index (χ0) is 28.0. The SMILES string of the molecule is CCCOCCOC(C)CCOC1CC[C@@]2(C)C(=CCC3C4CCC(C(C)CCCC(C)C)[C@@]4(C)CCC32)C1. The zero-order valence-electron chi connectivity index (χ0n) is 26.9. The molecule has 39 heavy (non-hydrogen) atoms. The quantitative estimate of drug-likeness (QED) is 0.152. The second-order valence-electron chi connectivity index (χ2n) is 15.1. The van der Waals surface area contributed by atoms with Crippen molar-refractivity contribution in [1.82, 2.24) is 0 Å². The van der Waals surface area contributed by atoms with E-state index in [4.69, 9.17) is 14.2 Å². The Kier molecular flexibility index (Phi) is 11.5. The summed E-state index contributed by atoms with van der Waals surface area (Å²) in [7, 11) is 0. The minimum Gasteiger partial charge on any atom is -0.379 e. The van der Waals surface area contributed by atoms with Crippen LogP contribution in [0.2, 0.25) is 0 Å². The van der Waals surface area contributed by atoms with Crippen molar-refractivity contribution in [3.05, 3.63) is 11.6 Å². The molecule has 0 bridgehead atoms. The van der Waals surface area contributed by atoms with Crippen LogP contribution in [0.5, 0.6) is 0 Å². The Morgan fingerprint density at radius 3 is 2.46 bits per heavy atom. The monoisotopic (exact) mass is 544 g/mol. The lowest BCUT2D eigenvalue weighted by Crippen LogP contribution is -2.51. The van der Waals surface area contributed by atoms with Gasteiger partial charge in [-0.15, -0.1) is 0 Å². The largest absolute Gasteiger partial charge is 0.379 e. The molecule has 0 saturated heterocycles. The van der Waals surface area contributed by atoms with E-state index in [1.165, 1.54) is 64.2 Å². The lowest BCUT2D eigenvalue weighted by molar-refractivity contribution is -0.0671. The maximum absolute atomic E-state index is 6.45. The van der Waals surface area contributed by atoms with Gasteiger partial charge in [-0.25, -0.2) is 0 Å². The third-order valence-corrected chi connectivity index (χ3v) is 12.1. The maximum Gasteiger partial charge on any atom is 0.0704 e. The smallest absolute Gasteiger partial charge is 0.0704 e. The van der Waals surface area contributed by atoms with Crippen molar-refractivity contribution in [2.24, 2.45) is 46.3 Å². The molecule has 4 rings (SSSR count). The highest BCUT2D eigenvalue weighted by Gasteiger charge is 2.59. The highest BCUT2D eigenvalue weighted by molar-refractivity contribution is 5.25. The second kappa shape index (κ2) is 14.2. The Hall–Kier alpha value is -0.380. The van der Waals surface area contributed by atoms with E-state index in [1.807, 2.05) is 0 Å². The second-order valence-corrected chi connectivity index (χ2v) is 15.1. The highest BCUT2D eigenvalue weighted by atomic mass is 16.5. The summed E-state index contributed by atoms with van der Waals surface area (Å²) in [6, 6.07) is 0. The van der Waals surface area contributed by atoms with Gasteiger partial charge in [-0.05, 0) is 117 Å². The molecule has 0 spiro atoms. The van der Waals surface area contributed by atoms with Crippen LogP contribution in [-0.4, -0.2) is 38.6 Å². The average molecular weight is 545 g/mol. The molecule has 4 aliphatic rings. The molecule has 226 valence electrons. The van der Waals surface area contributed by atoms with Gasteiger partial charge >= 0.3 is 0 Å². The van der Waals surface area contributed by atoms with Crippen LogP contribution in [0.4, 0.5) is 0 Å². The number of fused-ring (bicyclic) bond motifs is 5. The first-order valence-corrected chi connectivity index (χ1v) is 17.2. The number of hydrogen-bond acceptors (Lipinski definition) is 3. The molecule has 9 atom stereocenters. The molecular weight excluding hydrogens is 480 g/mol. The summed E-state index contributed by atoms with van der Waals surface area (Å²) in [5, 5.41) is 0. The summed E-state index contributed by atoms with van der Waals surface area (Å²) in [5.74, 6) is 5.47. The van der Waals surface area contributed by atoms with Gasteiger partial charge in [0.15, 0.2) is 0 Å². The summed E-state index contributed by atoms with van der Waals surface area (Å²) < 4.78 is 17.9. The molecule has 4 aliphatic carbocycles. The van der Waals surface area contributed by atoms with Crippen LogP contribution in [0, 0.1) is 46.3 Å². The van der Waals surface area contributed by atoms with E-state index in [2.05, 4.69) is 54.5 Å². The number of rotatable bonds is 15. The maximum atomic E-state index is 6.45. The molecule has 3 fully saturated rings. The van der Waals surface area contributed by atoms with Gasteiger partial charge in [0.1, 0.15) is 0 Å². The summed E-state index contributed by atoms with van der Waals surface area (Å²) >= 11 is 0. The number of ether oxygens (including phenoxy) is 3. The predicted molar refractivity (Wildman–Crippen MR) is 164 cm³/mol. The molecule has 0 aromatic carbocycles. The van der Waals surface area contributed by atoms with Gasteiger partial charge in [0.25, 0.3) is 0 Å². The molecule has 7 unspecified atom stereocenters. The van der Waals surface area contributed by atoms with Crippen molar-refractivity contribution >= 4 is 0 Å². The van der Waals surface area contributed by atoms with E-state index < -0.39 is 0 Å². The Balaban J connectivity index is 1.27. The summed E-state index contributed by atoms with van der Waals surface area (Å²) in [6.45, 7) is 20.1. The van der Waals surface area contributed by atoms with Crippen molar-refractivity contribution in [2.75, 3.05) is 26.4 Å². The molecule has 0 radical (unpaired) electrons. The van der Waals surface area contributed by atoms with Crippen LogP contribution in [-0.2, 0) is 14.2 Å². The van der Waals surface area contributed by atoms with Crippen LogP contribution in [0.3, 0.4) is 0 Å². The first-order valence-electron chi connectivity index (χ1n) is 17.2. The first-order chi connectivity index (χ1) is 18.7. The van der Waals surface area contributed by atoms with Crippen LogP contribution in [0.15, 0.2) is 11.6 Å². The number of allylic oxidation sites excluding steroid dienone is 1. The van der Waals surface area contributed by atoms with Gasteiger partial charge in [0.2, 0.25) is 0 Å². The standard InChI is InChI=1S/C36H64O3/c1-8-21-37-23-24-38-28(5)18-22-39-30-16-19-35(6)29(25-30)12-13-31-33-15-14-32(27(4)11-9-10-26(2)3)36(33,7)20-17-34(31)35/h12,26-28,30-34H,8-11,13-25H2,1-7H3/t27?,28?,30?,31?,32?,33?,34?,35-,36+/m0/s1. The molecule has 3 heteroatoms. The average Bonchev–Trinajstić information content (AvgIpc) is 3.25. The summed E-state index contributed by atoms with van der Waals surface area (Å²) in [5.41, 5.74) is 2.75. The van der Waals surface area contributed by atoms with Gasteiger partial charge in [-0.2, -0.15) is 0 Å². The zero-order valence-corrected chi connectivity index (χ0v) is 26.9. The van der Waals surface area contributed by atoms with Gasteiger partial charge in [-0.1, -0.05) is 72.5 Å². The third-order valence-electron chi connectivity index (χ3n) is 12.1. The van der Waals surface area contributed by atoms with Gasteiger partial charge in [-0.3, -0.25) is 0 Å². The summed E-state index contributed by atoms with van der Waals surface area (Å²) in [4.78, 5) is 0. The topological polar surface area (TPSA) is 27.7 Å². The fourth-order valence-corrected chi connectivity index (χ4v) is 9.83.